The summed E-state index contributed by atoms with van der Waals surface area (Å²) in [6, 6.07) is 6.70. The first-order valence-electron chi connectivity index (χ1n) is 7.81. The van der Waals surface area contributed by atoms with Gasteiger partial charge in [-0.25, -0.2) is 0 Å². The molecule has 0 aliphatic heterocycles. The molecular weight excluding hydrogens is 292 g/mol. The zero-order valence-electron chi connectivity index (χ0n) is 14.9. The first-order chi connectivity index (χ1) is 10.4. The first-order valence-corrected chi connectivity index (χ1v) is 7.81. The molecule has 0 saturated carbocycles. The summed E-state index contributed by atoms with van der Waals surface area (Å²) >= 11 is 0. The molecule has 0 fully saturated rings. The molecule has 0 spiro atoms. The van der Waals surface area contributed by atoms with E-state index in [2.05, 4.69) is 0 Å². The number of carbonyl (C=O) groups excluding carboxylic acids is 3. The van der Waals surface area contributed by atoms with Crippen molar-refractivity contribution in [3.63, 3.8) is 0 Å². The van der Waals surface area contributed by atoms with Gasteiger partial charge in [-0.05, 0) is 12.1 Å². The van der Waals surface area contributed by atoms with Crippen LogP contribution in [-0.2, 0) is 9.59 Å². The van der Waals surface area contributed by atoms with E-state index in [1.807, 2.05) is 41.5 Å². The normalized spacial score (nSPS) is 11.9. The summed E-state index contributed by atoms with van der Waals surface area (Å²) in [5, 5.41) is 0. The Kier molecular flexibility index (Phi) is 5.86. The van der Waals surface area contributed by atoms with Crippen molar-refractivity contribution in [1.82, 2.24) is 0 Å². The molecule has 4 heteroatoms. The van der Waals surface area contributed by atoms with Crippen molar-refractivity contribution in [3.8, 4) is 5.75 Å². The fourth-order valence-corrected chi connectivity index (χ4v) is 1.91. The molecule has 1 rings (SSSR count). The van der Waals surface area contributed by atoms with Crippen molar-refractivity contribution < 1.29 is 19.1 Å². The minimum Gasteiger partial charge on any atom is -0.426 e. The third-order valence-corrected chi connectivity index (χ3v) is 3.43. The second kappa shape index (κ2) is 7.07. The molecular formula is C19H26O4. The second-order valence-corrected chi connectivity index (χ2v) is 7.72. The lowest BCUT2D eigenvalue weighted by Crippen LogP contribution is -2.23. The van der Waals surface area contributed by atoms with Gasteiger partial charge in [-0.1, -0.05) is 53.7 Å². The van der Waals surface area contributed by atoms with Gasteiger partial charge in [0.1, 0.15) is 11.5 Å². The van der Waals surface area contributed by atoms with Gasteiger partial charge < -0.3 is 4.74 Å². The zero-order chi connectivity index (χ0) is 17.8. The maximum absolute atomic E-state index is 12.4. The van der Waals surface area contributed by atoms with Gasteiger partial charge in [0.05, 0.1) is 12.0 Å². The van der Waals surface area contributed by atoms with Gasteiger partial charge in [0, 0.05) is 17.3 Å². The predicted octanol–water partition coefficient (Wildman–Crippen LogP) is 4.22. The fraction of sp³-hybridized carbons (Fsp3) is 0.526. The van der Waals surface area contributed by atoms with E-state index in [1.165, 1.54) is 0 Å². The molecule has 126 valence electrons. The monoisotopic (exact) mass is 318 g/mol. The van der Waals surface area contributed by atoms with Crippen LogP contribution < -0.4 is 4.74 Å². The second-order valence-electron chi connectivity index (χ2n) is 7.72. The first kappa shape index (κ1) is 19.1. The predicted molar refractivity (Wildman–Crippen MR) is 89.6 cm³/mol. The fourth-order valence-electron chi connectivity index (χ4n) is 1.91. The number of Topliss-reactive ketones (excluding diaryl/α,β-unsaturated/α-hetero) is 2. The van der Waals surface area contributed by atoms with E-state index in [4.69, 9.17) is 4.74 Å². The Labute approximate surface area is 138 Å². The number of ether oxygens (including phenoxy) is 1. The highest BCUT2D eigenvalue weighted by atomic mass is 16.5. The number of rotatable bonds is 5. The van der Waals surface area contributed by atoms with Crippen molar-refractivity contribution in [2.75, 3.05) is 0 Å². The quantitative estimate of drug-likeness (QED) is 0.463. The molecule has 0 amide bonds. The van der Waals surface area contributed by atoms with Gasteiger partial charge in [-0.3, -0.25) is 14.4 Å². The van der Waals surface area contributed by atoms with Crippen LogP contribution in [0.2, 0.25) is 0 Å². The van der Waals surface area contributed by atoms with Crippen molar-refractivity contribution in [2.45, 2.75) is 54.4 Å². The maximum atomic E-state index is 12.4. The molecule has 0 radical (unpaired) electrons. The Hall–Kier alpha value is -1.97. The highest BCUT2D eigenvalue weighted by Gasteiger charge is 2.27. The van der Waals surface area contributed by atoms with Crippen LogP contribution >= 0.6 is 0 Å². The Morgan fingerprint density at radius 2 is 1.43 bits per heavy atom. The lowest BCUT2D eigenvalue weighted by molar-refractivity contribution is -0.137. The molecule has 0 aromatic heterocycles. The molecule has 0 aliphatic carbocycles. The number of hydrogen-bond acceptors (Lipinski definition) is 4. The largest absolute Gasteiger partial charge is 0.426 e. The average Bonchev–Trinajstić information content (AvgIpc) is 2.42. The number of esters is 1. The molecule has 0 bridgehead atoms. The van der Waals surface area contributed by atoms with Crippen LogP contribution in [0.5, 0.6) is 5.75 Å². The Balaban J connectivity index is 2.80. The van der Waals surface area contributed by atoms with Gasteiger partial charge in [0.15, 0.2) is 5.78 Å². The molecule has 0 heterocycles. The smallest absolute Gasteiger partial charge is 0.311 e. The van der Waals surface area contributed by atoms with Gasteiger partial charge in [0.2, 0.25) is 0 Å². The minimum absolute atomic E-state index is 0.00787. The Morgan fingerprint density at radius 3 is 1.96 bits per heavy atom. The summed E-state index contributed by atoms with van der Waals surface area (Å²) in [6.07, 6.45) is 0.145. The summed E-state index contributed by atoms with van der Waals surface area (Å²) in [5.74, 6) is -0.336. The van der Waals surface area contributed by atoms with Crippen LogP contribution in [0.1, 0.15) is 64.7 Å². The summed E-state index contributed by atoms with van der Waals surface area (Å²) in [5.41, 5.74) is -0.652. The van der Waals surface area contributed by atoms with Gasteiger partial charge in [-0.15, -0.1) is 0 Å². The van der Waals surface area contributed by atoms with Crippen LogP contribution in [0.3, 0.4) is 0 Å². The van der Waals surface area contributed by atoms with Crippen LogP contribution in [0.15, 0.2) is 24.3 Å². The van der Waals surface area contributed by atoms with E-state index in [0.29, 0.717) is 5.56 Å². The molecule has 4 nitrogen and oxygen atoms in total. The van der Waals surface area contributed by atoms with Crippen molar-refractivity contribution in [3.05, 3.63) is 29.8 Å². The van der Waals surface area contributed by atoms with E-state index < -0.39 is 16.8 Å². The van der Waals surface area contributed by atoms with E-state index in [-0.39, 0.29) is 30.2 Å². The van der Waals surface area contributed by atoms with Gasteiger partial charge in [0.25, 0.3) is 0 Å². The standard InChI is InChI=1S/C19H26O4/c1-18(2,3)15(20)11-12-16(21)23-14-10-8-7-9-13(14)17(22)19(4,5)6/h7-10H,11-12H2,1-6H3. The van der Waals surface area contributed by atoms with Crippen LogP contribution in [0.25, 0.3) is 0 Å². The maximum Gasteiger partial charge on any atom is 0.311 e. The SMILES string of the molecule is CC(C)(C)C(=O)CCC(=O)Oc1ccccc1C(=O)C(C)(C)C. The highest BCUT2D eigenvalue weighted by molar-refractivity contribution is 6.02. The molecule has 1 aromatic rings. The molecule has 0 N–H and O–H groups in total. The number of ketones is 2. The minimum atomic E-state index is -0.565. The van der Waals surface area contributed by atoms with E-state index in [0.717, 1.165) is 0 Å². The van der Waals surface area contributed by atoms with Crippen molar-refractivity contribution >= 4 is 17.5 Å². The topological polar surface area (TPSA) is 60.4 Å². The summed E-state index contributed by atoms with van der Waals surface area (Å²) in [4.78, 5) is 36.3. The average molecular weight is 318 g/mol. The molecule has 0 unspecified atom stereocenters. The van der Waals surface area contributed by atoms with Gasteiger partial charge >= 0.3 is 5.97 Å². The lowest BCUT2D eigenvalue weighted by atomic mass is 9.86. The third kappa shape index (κ3) is 5.62. The molecule has 0 aliphatic rings. The van der Waals surface area contributed by atoms with E-state index >= 15 is 0 Å². The number of benzene rings is 1. The van der Waals surface area contributed by atoms with Crippen molar-refractivity contribution in [2.24, 2.45) is 10.8 Å². The zero-order valence-corrected chi connectivity index (χ0v) is 14.9. The summed E-state index contributed by atoms with van der Waals surface area (Å²) in [6.45, 7) is 10.9. The third-order valence-electron chi connectivity index (χ3n) is 3.43. The molecule has 1 aromatic carbocycles. The number of hydrogen-bond donors (Lipinski definition) is 0. The van der Waals surface area contributed by atoms with Crippen LogP contribution in [0.4, 0.5) is 0 Å². The van der Waals surface area contributed by atoms with E-state index in [1.54, 1.807) is 24.3 Å². The lowest BCUT2D eigenvalue weighted by Gasteiger charge is -2.19. The van der Waals surface area contributed by atoms with Crippen LogP contribution in [-0.4, -0.2) is 17.5 Å². The summed E-state index contributed by atoms with van der Waals surface area (Å²) < 4.78 is 5.31. The Morgan fingerprint density at radius 1 is 0.870 bits per heavy atom. The number of para-hydroxylation sites is 1. The molecule has 0 atom stereocenters. The van der Waals surface area contributed by atoms with Crippen molar-refractivity contribution in [1.29, 1.82) is 0 Å². The Bertz CT molecular complexity index is 601. The van der Waals surface area contributed by atoms with Crippen LogP contribution in [0, 0.1) is 10.8 Å². The number of carbonyl (C=O) groups is 3. The molecule has 23 heavy (non-hydrogen) atoms. The summed E-state index contributed by atoms with van der Waals surface area (Å²) in [7, 11) is 0. The highest BCUT2D eigenvalue weighted by Crippen LogP contribution is 2.28. The van der Waals surface area contributed by atoms with E-state index in [9.17, 15) is 14.4 Å². The van der Waals surface area contributed by atoms with Gasteiger partial charge in [-0.2, -0.15) is 0 Å². The molecule has 0 saturated heterocycles.